The van der Waals surface area contributed by atoms with Crippen molar-refractivity contribution in [2.24, 2.45) is 5.92 Å². The second kappa shape index (κ2) is 6.58. The van der Waals surface area contributed by atoms with Gasteiger partial charge in [0.1, 0.15) is 5.82 Å². The van der Waals surface area contributed by atoms with Crippen molar-refractivity contribution in [1.82, 2.24) is 24.6 Å². The molecule has 6 heteroatoms. The lowest BCUT2D eigenvalue weighted by Crippen LogP contribution is -2.49. The molecule has 0 N–H and O–H groups in total. The SMILES string of the molecule is O=c1cc2c(nn1CC1CN(Cc3ccnc(C4CCC4)n3)C1)CCC2. The Balaban J connectivity index is 1.17. The zero-order chi connectivity index (χ0) is 17.5. The third-order valence-electron chi connectivity index (χ3n) is 6.08. The summed E-state index contributed by atoms with van der Waals surface area (Å²) >= 11 is 0. The highest BCUT2D eigenvalue weighted by Gasteiger charge is 2.29. The van der Waals surface area contributed by atoms with E-state index < -0.39 is 0 Å². The van der Waals surface area contributed by atoms with E-state index >= 15 is 0 Å². The molecule has 5 rings (SSSR count). The quantitative estimate of drug-likeness (QED) is 0.823. The smallest absolute Gasteiger partial charge is 0.267 e. The van der Waals surface area contributed by atoms with Gasteiger partial charge in [-0.1, -0.05) is 6.42 Å². The fourth-order valence-electron chi connectivity index (χ4n) is 4.33. The van der Waals surface area contributed by atoms with E-state index in [1.54, 1.807) is 10.7 Å². The van der Waals surface area contributed by atoms with E-state index in [1.807, 2.05) is 12.3 Å². The molecule has 1 saturated carbocycles. The summed E-state index contributed by atoms with van der Waals surface area (Å²) < 4.78 is 1.69. The van der Waals surface area contributed by atoms with Crippen LogP contribution in [-0.2, 0) is 25.9 Å². The van der Waals surface area contributed by atoms with Gasteiger partial charge in [-0.2, -0.15) is 5.10 Å². The fourth-order valence-corrected chi connectivity index (χ4v) is 4.33. The van der Waals surface area contributed by atoms with E-state index in [0.717, 1.165) is 68.2 Å². The van der Waals surface area contributed by atoms with Crippen molar-refractivity contribution in [2.45, 2.75) is 57.5 Å². The van der Waals surface area contributed by atoms with Crippen LogP contribution in [0.25, 0.3) is 0 Å². The summed E-state index contributed by atoms with van der Waals surface area (Å²) in [6, 6.07) is 3.83. The minimum absolute atomic E-state index is 0.0602. The van der Waals surface area contributed by atoms with Crippen LogP contribution < -0.4 is 5.56 Å². The van der Waals surface area contributed by atoms with Gasteiger partial charge in [0.05, 0.1) is 17.9 Å². The first-order valence-corrected chi connectivity index (χ1v) is 9.89. The molecule has 1 aliphatic heterocycles. The average Bonchev–Trinajstić information content (AvgIpc) is 2.99. The van der Waals surface area contributed by atoms with Crippen LogP contribution in [0.4, 0.5) is 0 Å². The van der Waals surface area contributed by atoms with Crippen molar-refractivity contribution in [1.29, 1.82) is 0 Å². The van der Waals surface area contributed by atoms with Crippen molar-refractivity contribution >= 4 is 0 Å². The summed E-state index contributed by atoms with van der Waals surface area (Å²) in [7, 11) is 0. The van der Waals surface area contributed by atoms with Gasteiger partial charge in [0.15, 0.2) is 0 Å². The van der Waals surface area contributed by atoms with Crippen LogP contribution >= 0.6 is 0 Å². The molecule has 3 aliphatic rings. The maximum absolute atomic E-state index is 12.2. The number of likely N-dealkylation sites (tertiary alicyclic amines) is 1. The highest BCUT2D eigenvalue weighted by atomic mass is 16.1. The van der Waals surface area contributed by atoms with E-state index in [-0.39, 0.29) is 5.56 Å². The predicted molar refractivity (Wildman–Crippen MR) is 97.9 cm³/mol. The van der Waals surface area contributed by atoms with Crippen molar-refractivity contribution in [3.05, 3.63) is 51.5 Å². The summed E-state index contributed by atoms with van der Waals surface area (Å²) in [6.45, 7) is 3.63. The lowest BCUT2D eigenvalue weighted by atomic mass is 9.85. The first-order valence-electron chi connectivity index (χ1n) is 9.89. The van der Waals surface area contributed by atoms with Crippen molar-refractivity contribution in [3.8, 4) is 0 Å². The van der Waals surface area contributed by atoms with E-state index in [9.17, 15) is 4.79 Å². The third-order valence-corrected chi connectivity index (χ3v) is 6.08. The van der Waals surface area contributed by atoms with Gasteiger partial charge in [-0.3, -0.25) is 9.69 Å². The number of hydrogen-bond acceptors (Lipinski definition) is 5. The number of fused-ring (bicyclic) bond motifs is 1. The van der Waals surface area contributed by atoms with Crippen LogP contribution in [0.5, 0.6) is 0 Å². The molecule has 2 aromatic rings. The van der Waals surface area contributed by atoms with E-state index in [1.165, 1.54) is 19.3 Å². The monoisotopic (exact) mass is 351 g/mol. The fraction of sp³-hybridized carbons (Fsp3) is 0.600. The lowest BCUT2D eigenvalue weighted by Gasteiger charge is -2.39. The number of rotatable bonds is 5. The number of nitrogens with zero attached hydrogens (tertiary/aromatic N) is 5. The average molecular weight is 351 g/mol. The second-order valence-electron chi connectivity index (χ2n) is 8.08. The Hall–Kier alpha value is -2.08. The van der Waals surface area contributed by atoms with Gasteiger partial charge in [-0.25, -0.2) is 14.6 Å². The molecule has 2 aliphatic carbocycles. The predicted octanol–water partition coefficient (Wildman–Crippen LogP) is 1.92. The topological polar surface area (TPSA) is 63.9 Å². The van der Waals surface area contributed by atoms with Crippen LogP contribution in [0.1, 0.15) is 54.4 Å². The Kier molecular flexibility index (Phi) is 4.08. The van der Waals surface area contributed by atoms with Gasteiger partial charge in [-0.15, -0.1) is 0 Å². The Morgan fingerprint density at radius 1 is 1.15 bits per heavy atom. The van der Waals surface area contributed by atoms with E-state index in [4.69, 9.17) is 4.98 Å². The third kappa shape index (κ3) is 3.07. The summed E-state index contributed by atoms with van der Waals surface area (Å²) in [5.41, 5.74) is 3.47. The molecule has 6 nitrogen and oxygen atoms in total. The normalized spacial score (nSPS) is 20.6. The van der Waals surface area contributed by atoms with Gasteiger partial charge < -0.3 is 0 Å². The minimum Gasteiger partial charge on any atom is -0.297 e. The minimum atomic E-state index is 0.0602. The molecular formula is C20H25N5O. The van der Waals surface area contributed by atoms with E-state index in [2.05, 4.69) is 15.0 Å². The van der Waals surface area contributed by atoms with E-state index in [0.29, 0.717) is 11.8 Å². The molecule has 1 saturated heterocycles. The highest BCUT2D eigenvalue weighted by Crippen LogP contribution is 2.34. The maximum atomic E-state index is 12.2. The van der Waals surface area contributed by atoms with Gasteiger partial charge in [0.2, 0.25) is 0 Å². The molecule has 136 valence electrons. The molecule has 0 amide bonds. The van der Waals surface area contributed by atoms with Crippen molar-refractivity contribution in [2.75, 3.05) is 13.1 Å². The largest absolute Gasteiger partial charge is 0.297 e. The number of aryl methyl sites for hydroxylation is 2. The van der Waals surface area contributed by atoms with Gasteiger partial charge in [0, 0.05) is 43.7 Å². The van der Waals surface area contributed by atoms with Gasteiger partial charge in [-0.05, 0) is 43.7 Å². The van der Waals surface area contributed by atoms with Crippen LogP contribution in [0.2, 0.25) is 0 Å². The van der Waals surface area contributed by atoms with Gasteiger partial charge >= 0.3 is 0 Å². The lowest BCUT2D eigenvalue weighted by molar-refractivity contribution is 0.0751. The van der Waals surface area contributed by atoms with Gasteiger partial charge in [0.25, 0.3) is 5.56 Å². The molecule has 0 radical (unpaired) electrons. The number of hydrogen-bond donors (Lipinski definition) is 0. The zero-order valence-electron chi connectivity index (χ0n) is 15.1. The Morgan fingerprint density at radius 2 is 2.04 bits per heavy atom. The zero-order valence-corrected chi connectivity index (χ0v) is 15.1. The van der Waals surface area contributed by atoms with Crippen molar-refractivity contribution < 1.29 is 0 Å². The highest BCUT2D eigenvalue weighted by molar-refractivity contribution is 5.22. The first kappa shape index (κ1) is 16.1. The Bertz CT molecular complexity index is 867. The Morgan fingerprint density at radius 3 is 2.85 bits per heavy atom. The first-order chi connectivity index (χ1) is 12.7. The molecule has 0 spiro atoms. The van der Waals surface area contributed by atoms with Crippen LogP contribution in [0.15, 0.2) is 23.1 Å². The molecule has 2 fully saturated rings. The molecular weight excluding hydrogens is 326 g/mol. The second-order valence-corrected chi connectivity index (χ2v) is 8.08. The molecule has 3 heterocycles. The molecule has 0 aromatic carbocycles. The van der Waals surface area contributed by atoms with Crippen LogP contribution in [0, 0.1) is 5.92 Å². The van der Waals surface area contributed by atoms with Crippen LogP contribution in [0.3, 0.4) is 0 Å². The number of aromatic nitrogens is 4. The van der Waals surface area contributed by atoms with Crippen molar-refractivity contribution in [3.63, 3.8) is 0 Å². The summed E-state index contributed by atoms with van der Waals surface area (Å²) in [6.07, 6.45) is 8.84. The molecule has 26 heavy (non-hydrogen) atoms. The molecule has 0 atom stereocenters. The molecule has 0 unspecified atom stereocenters. The standard InChI is InChI=1S/C20H25N5O/c26-19-9-16-5-2-6-18(16)23-25(19)12-14-10-24(11-14)13-17-7-8-21-20(22-17)15-3-1-4-15/h7-9,14-15H,1-6,10-13H2. The molecule has 0 bridgehead atoms. The Labute approximate surface area is 153 Å². The summed E-state index contributed by atoms with van der Waals surface area (Å²) in [4.78, 5) is 23.8. The summed E-state index contributed by atoms with van der Waals surface area (Å²) in [5, 5.41) is 4.60. The molecule has 2 aromatic heterocycles. The summed E-state index contributed by atoms with van der Waals surface area (Å²) in [5.74, 6) is 2.11. The maximum Gasteiger partial charge on any atom is 0.267 e. The van der Waals surface area contributed by atoms with Crippen LogP contribution in [-0.4, -0.2) is 37.7 Å².